The lowest BCUT2D eigenvalue weighted by atomic mass is 10.2. The molecule has 24 heavy (non-hydrogen) atoms. The Kier molecular flexibility index (Phi) is 4.77. The summed E-state index contributed by atoms with van der Waals surface area (Å²) in [4.78, 5) is 18.0. The van der Waals surface area contributed by atoms with Crippen LogP contribution in [-0.4, -0.2) is 54.6 Å². The van der Waals surface area contributed by atoms with E-state index < -0.39 is 0 Å². The van der Waals surface area contributed by atoms with Crippen LogP contribution in [0.25, 0.3) is 10.1 Å². The van der Waals surface area contributed by atoms with Gasteiger partial charge < -0.3 is 9.64 Å². The quantitative estimate of drug-likeness (QED) is 0.837. The Bertz CT molecular complexity index is 734. The van der Waals surface area contributed by atoms with E-state index in [1.165, 1.54) is 9.58 Å². The number of halogens is 1. The molecular weight excluding hydrogens is 344 g/mol. The van der Waals surface area contributed by atoms with Crippen molar-refractivity contribution in [1.29, 1.82) is 0 Å². The van der Waals surface area contributed by atoms with Crippen LogP contribution in [0.15, 0.2) is 24.3 Å². The van der Waals surface area contributed by atoms with Gasteiger partial charge in [0.05, 0.1) is 5.02 Å². The number of hydrogen-bond donors (Lipinski definition) is 0. The number of ether oxygens (including phenoxy) is 1. The number of rotatable bonds is 3. The zero-order valence-corrected chi connectivity index (χ0v) is 15.1. The second-order valence-electron chi connectivity index (χ2n) is 6.44. The van der Waals surface area contributed by atoms with E-state index in [9.17, 15) is 4.79 Å². The van der Waals surface area contributed by atoms with E-state index in [2.05, 4.69) is 23.1 Å². The van der Waals surface area contributed by atoms with Gasteiger partial charge in [-0.25, -0.2) is 0 Å². The van der Waals surface area contributed by atoms with Crippen LogP contribution in [0.2, 0.25) is 5.02 Å². The molecule has 6 heteroatoms. The number of benzene rings is 1. The molecule has 1 aromatic heterocycles. The minimum Gasteiger partial charge on any atom is -0.368 e. The summed E-state index contributed by atoms with van der Waals surface area (Å²) < 4.78 is 6.76. The Hall–Kier alpha value is -1.14. The molecule has 0 saturated carbocycles. The van der Waals surface area contributed by atoms with Crippen LogP contribution in [0.3, 0.4) is 0 Å². The van der Waals surface area contributed by atoms with Gasteiger partial charge in [-0.3, -0.25) is 9.69 Å². The fraction of sp³-hybridized carbons (Fsp3) is 0.500. The predicted octanol–water partition coefficient (Wildman–Crippen LogP) is 3.38. The third-order valence-electron chi connectivity index (χ3n) is 4.86. The number of carbonyl (C=O) groups is 1. The zero-order chi connectivity index (χ0) is 16.5. The van der Waals surface area contributed by atoms with Gasteiger partial charge in [-0.15, -0.1) is 11.3 Å². The molecule has 0 aliphatic carbocycles. The van der Waals surface area contributed by atoms with Crippen molar-refractivity contribution < 1.29 is 9.53 Å². The molecule has 0 unspecified atom stereocenters. The van der Waals surface area contributed by atoms with Crippen LogP contribution in [0, 0.1) is 0 Å². The molecule has 2 aliphatic rings. The van der Waals surface area contributed by atoms with Crippen LogP contribution in [0.5, 0.6) is 0 Å². The normalized spacial score (nSPS) is 22.4. The van der Waals surface area contributed by atoms with Crippen LogP contribution >= 0.6 is 22.9 Å². The Labute approximate surface area is 150 Å². The number of piperazine rings is 1. The summed E-state index contributed by atoms with van der Waals surface area (Å²) in [7, 11) is 0. The third-order valence-corrected chi connectivity index (χ3v) is 6.56. The molecule has 2 fully saturated rings. The number of thiophene rings is 1. The molecule has 0 radical (unpaired) electrons. The Balaban J connectivity index is 1.37. The number of hydrogen-bond acceptors (Lipinski definition) is 4. The van der Waals surface area contributed by atoms with E-state index in [-0.39, 0.29) is 12.0 Å². The molecule has 1 aromatic carbocycles. The first kappa shape index (κ1) is 16.3. The summed E-state index contributed by atoms with van der Waals surface area (Å²) in [6.45, 7) is 4.93. The van der Waals surface area contributed by atoms with Crippen molar-refractivity contribution in [1.82, 2.24) is 9.80 Å². The van der Waals surface area contributed by atoms with Gasteiger partial charge in [-0.1, -0.05) is 29.8 Å². The minimum atomic E-state index is -0.200. The van der Waals surface area contributed by atoms with Crippen LogP contribution in [0.1, 0.15) is 17.7 Å². The molecule has 128 valence electrons. The molecule has 3 heterocycles. The highest BCUT2D eigenvalue weighted by Gasteiger charge is 2.30. The molecule has 0 spiro atoms. The van der Waals surface area contributed by atoms with E-state index in [1.54, 1.807) is 11.3 Å². The Morgan fingerprint density at radius 2 is 2.04 bits per heavy atom. The average molecular weight is 365 g/mol. The summed E-state index contributed by atoms with van der Waals surface area (Å²) in [5.74, 6) is 0.173. The van der Waals surface area contributed by atoms with Gasteiger partial charge in [-0.2, -0.15) is 0 Å². The molecule has 0 N–H and O–H groups in total. The van der Waals surface area contributed by atoms with Crippen LogP contribution < -0.4 is 0 Å². The SMILES string of the molecule is O=C([C@@H]1CCCO1)N1CCN(Cc2sc3ccccc3c2Cl)CC1. The summed E-state index contributed by atoms with van der Waals surface area (Å²) in [6, 6.07) is 8.28. The minimum absolute atomic E-state index is 0.173. The van der Waals surface area contributed by atoms with Crippen LogP contribution in [-0.2, 0) is 16.1 Å². The number of amides is 1. The van der Waals surface area contributed by atoms with E-state index in [0.29, 0.717) is 0 Å². The van der Waals surface area contributed by atoms with Gasteiger partial charge in [0.2, 0.25) is 0 Å². The maximum absolute atomic E-state index is 12.4. The van der Waals surface area contributed by atoms with Gasteiger partial charge in [0, 0.05) is 54.3 Å². The number of fused-ring (bicyclic) bond motifs is 1. The fourth-order valence-corrected chi connectivity index (χ4v) is 5.01. The summed E-state index contributed by atoms with van der Waals surface area (Å²) >= 11 is 8.32. The number of nitrogens with zero attached hydrogens (tertiary/aromatic N) is 2. The Morgan fingerprint density at radius 3 is 2.75 bits per heavy atom. The molecule has 2 aromatic rings. The first-order chi connectivity index (χ1) is 11.7. The van der Waals surface area contributed by atoms with E-state index >= 15 is 0 Å². The van der Waals surface area contributed by atoms with Gasteiger partial charge in [-0.05, 0) is 18.9 Å². The topological polar surface area (TPSA) is 32.8 Å². The van der Waals surface area contributed by atoms with Crippen molar-refractivity contribution >= 4 is 38.9 Å². The van der Waals surface area contributed by atoms with E-state index in [4.69, 9.17) is 16.3 Å². The predicted molar refractivity (Wildman–Crippen MR) is 97.7 cm³/mol. The fourth-order valence-electron chi connectivity index (χ4n) is 3.47. The van der Waals surface area contributed by atoms with Crippen molar-refractivity contribution in [3.63, 3.8) is 0 Å². The largest absolute Gasteiger partial charge is 0.368 e. The van der Waals surface area contributed by atoms with Gasteiger partial charge in [0.25, 0.3) is 5.91 Å². The second-order valence-corrected chi connectivity index (χ2v) is 7.95. The number of carbonyl (C=O) groups excluding carboxylic acids is 1. The third kappa shape index (κ3) is 3.18. The Morgan fingerprint density at radius 1 is 1.25 bits per heavy atom. The highest BCUT2D eigenvalue weighted by Crippen LogP contribution is 2.36. The molecule has 0 bridgehead atoms. The standard InChI is InChI=1S/C18H21ClN2O2S/c19-17-13-4-1-2-6-15(13)24-16(17)12-20-7-9-21(10-8-20)18(22)14-5-3-11-23-14/h1-2,4,6,14H,3,5,7-12H2/t14-/m0/s1. The molecule has 1 amide bonds. The lowest BCUT2D eigenvalue weighted by Crippen LogP contribution is -2.51. The zero-order valence-electron chi connectivity index (χ0n) is 13.5. The highest BCUT2D eigenvalue weighted by molar-refractivity contribution is 7.19. The lowest BCUT2D eigenvalue weighted by molar-refractivity contribution is -0.142. The molecule has 1 atom stereocenters. The lowest BCUT2D eigenvalue weighted by Gasteiger charge is -2.35. The molecule has 2 aliphatic heterocycles. The molecule has 4 rings (SSSR count). The molecule has 2 saturated heterocycles. The van der Waals surface area contributed by atoms with E-state index in [0.717, 1.165) is 62.6 Å². The van der Waals surface area contributed by atoms with Crippen LogP contribution in [0.4, 0.5) is 0 Å². The maximum Gasteiger partial charge on any atom is 0.251 e. The van der Waals surface area contributed by atoms with Gasteiger partial charge >= 0.3 is 0 Å². The van der Waals surface area contributed by atoms with Crippen molar-refractivity contribution in [2.75, 3.05) is 32.8 Å². The summed E-state index contributed by atoms with van der Waals surface area (Å²) in [5, 5.41) is 2.03. The first-order valence-corrected chi connectivity index (χ1v) is 9.70. The van der Waals surface area contributed by atoms with Crippen molar-refractivity contribution in [3.8, 4) is 0 Å². The highest BCUT2D eigenvalue weighted by atomic mass is 35.5. The van der Waals surface area contributed by atoms with E-state index in [1.807, 2.05) is 11.0 Å². The first-order valence-electron chi connectivity index (χ1n) is 8.51. The summed E-state index contributed by atoms with van der Waals surface area (Å²) in [5.41, 5.74) is 0. The second kappa shape index (κ2) is 7.00. The maximum atomic E-state index is 12.4. The summed E-state index contributed by atoms with van der Waals surface area (Å²) in [6.07, 6.45) is 1.67. The average Bonchev–Trinajstić information content (AvgIpc) is 3.25. The molecule has 4 nitrogen and oxygen atoms in total. The van der Waals surface area contributed by atoms with Crippen molar-refractivity contribution in [2.24, 2.45) is 0 Å². The van der Waals surface area contributed by atoms with Crippen molar-refractivity contribution in [2.45, 2.75) is 25.5 Å². The van der Waals surface area contributed by atoms with Gasteiger partial charge in [0.15, 0.2) is 0 Å². The smallest absolute Gasteiger partial charge is 0.251 e. The molecular formula is C18H21ClN2O2S. The van der Waals surface area contributed by atoms with Crippen molar-refractivity contribution in [3.05, 3.63) is 34.2 Å². The van der Waals surface area contributed by atoms with Gasteiger partial charge in [0.1, 0.15) is 6.10 Å². The monoisotopic (exact) mass is 364 g/mol.